The van der Waals surface area contributed by atoms with E-state index >= 15 is 0 Å². The summed E-state index contributed by atoms with van der Waals surface area (Å²) in [5, 5.41) is 5.06. The van der Waals surface area contributed by atoms with Crippen LogP contribution in [0.2, 0.25) is 5.02 Å². The molecule has 1 unspecified atom stereocenters. The fourth-order valence-corrected chi connectivity index (χ4v) is 3.99. The van der Waals surface area contributed by atoms with Crippen LogP contribution in [-0.2, 0) is 4.79 Å². The van der Waals surface area contributed by atoms with E-state index in [1.54, 1.807) is 23.5 Å². The Morgan fingerprint density at radius 3 is 2.74 bits per heavy atom. The molecular weight excluding hydrogens is 328 g/mol. The summed E-state index contributed by atoms with van der Waals surface area (Å²) in [5.74, 6) is 0.0470. The number of carbonyl (C=O) groups is 1. The average Bonchev–Trinajstić information content (AvgIpc) is 3.21. The van der Waals surface area contributed by atoms with Crippen LogP contribution in [0.25, 0.3) is 10.4 Å². The van der Waals surface area contributed by atoms with Crippen LogP contribution in [0.5, 0.6) is 0 Å². The van der Waals surface area contributed by atoms with Crippen molar-refractivity contribution in [2.45, 2.75) is 19.4 Å². The van der Waals surface area contributed by atoms with Gasteiger partial charge < -0.3 is 5.32 Å². The molecule has 5 heteroatoms. The molecule has 0 saturated carbocycles. The zero-order valence-electron chi connectivity index (χ0n) is 13.0. The predicted molar refractivity (Wildman–Crippen MR) is 98.3 cm³/mol. The molecule has 1 fully saturated rings. The van der Waals surface area contributed by atoms with Crippen molar-refractivity contribution in [2.24, 2.45) is 0 Å². The fraction of sp³-hybridized carbons (Fsp3) is 0.278. The highest BCUT2D eigenvalue weighted by Gasteiger charge is 2.27. The maximum atomic E-state index is 12.5. The van der Waals surface area contributed by atoms with E-state index in [0.29, 0.717) is 0 Å². The number of thiophene rings is 1. The number of anilines is 1. The maximum Gasteiger partial charge on any atom is 0.251 e. The summed E-state index contributed by atoms with van der Waals surface area (Å²) >= 11 is 7.59. The molecule has 0 radical (unpaired) electrons. The summed E-state index contributed by atoms with van der Waals surface area (Å²) in [7, 11) is 0. The Balaban J connectivity index is 1.90. The lowest BCUT2D eigenvalue weighted by Crippen LogP contribution is -2.40. The predicted octanol–water partition coefficient (Wildman–Crippen LogP) is 4.34. The molecule has 3 nitrogen and oxygen atoms in total. The van der Waals surface area contributed by atoms with Gasteiger partial charge in [-0.05, 0) is 55.8 Å². The van der Waals surface area contributed by atoms with E-state index in [2.05, 4.69) is 11.4 Å². The molecule has 1 saturated heterocycles. The molecule has 1 amide bonds. The lowest BCUT2D eigenvalue weighted by molar-refractivity contribution is -0.114. The molecule has 3 rings (SSSR count). The molecule has 120 valence electrons. The van der Waals surface area contributed by atoms with Gasteiger partial charge >= 0.3 is 0 Å². The van der Waals surface area contributed by atoms with Gasteiger partial charge in [0.15, 0.2) is 0 Å². The van der Waals surface area contributed by atoms with Crippen molar-refractivity contribution in [1.82, 2.24) is 5.32 Å². The van der Waals surface area contributed by atoms with Crippen LogP contribution in [0.1, 0.15) is 13.3 Å². The van der Waals surface area contributed by atoms with Crippen LogP contribution in [0.3, 0.4) is 0 Å². The summed E-state index contributed by atoms with van der Waals surface area (Å²) in [6.07, 6.45) is 4.42. The summed E-state index contributed by atoms with van der Waals surface area (Å²) in [5.41, 5.74) is 1.12. The first-order chi connectivity index (χ1) is 11.2. The number of nitrogens with zero attached hydrogens (tertiary/aromatic N) is 1. The smallest absolute Gasteiger partial charge is 0.251 e. The molecule has 1 aromatic heterocycles. The van der Waals surface area contributed by atoms with Crippen LogP contribution in [0.4, 0.5) is 5.00 Å². The van der Waals surface area contributed by atoms with E-state index in [-0.39, 0.29) is 11.9 Å². The van der Waals surface area contributed by atoms with E-state index in [0.717, 1.165) is 40.0 Å². The van der Waals surface area contributed by atoms with Crippen molar-refractivity contribution >= 4 is 33.8 Å². The SMILES string of the molecule is CC=CC(=O)N(c1ccc(-c2ccc(Cl)cc2)s1)C1CCNC1. The van der Waals surface area contributed by atoms with Crippen LogP contribution >= 0.6 is 22.9 Å². The number of benzene rings is 1. The third kappa shape index (κ3) is 3.66. The molecule has 1 aliphatic rings. The number of amides is 1. The van der Waals surface area contributed by atoms with E-state index in [1.165, 1.54) is 0 Å². The number of allylic oxidation sites excluding steroid dienone is 1. The van der Waals surface area contributed by atoms with Crippen molar-refractivity contribution in [2.75, 3.05) is 18.0 Å². The molecule has 1 aromatic carbocycles. The normalized spacial score (nSPS) is 17.7. The Morgan fingerprint density at radius 1 is 1.30 bits per heavy atom. The second-order valence-electron chi connectivity index (χ2n) is 5.50. The number of nitrogens with one attached hydrogen (secondary N) is 1. The van der Waals surface area contributed by atoms with Crippen molar-refractivity contribution in [3.05, 3.63) is 53.6 Å². The van der Waals surface area contributed by atoms with Crippen LogP contribution in [0, 0.1) is 0 Å². The highest BCUT2D eigenvalue weighted by molar-refractivity contribution is 7.19. The van der Waals surface area contributed by atoms with Crippen LogP contribution in [0.15, 0.2) is 48.6 Å². The third-order valence-electron chi connectivity index (χ3n) is 3.90. The number of rotatable bonds is 4. The zero-order chi connectivity index (χ0) is 16.2. The molecular formula is C18H19ClN2OS. The Kier molecular flexibility index (Phi) is 5.16. The molecule has 23 heavy (non-hydrogen) atoms. The van der Waals surface area contributed by atoms with Gasteiger partial charge in [0.2, 0.25) is 0 Å². The second kappa shape index (κ2) is 7.30. The first-order valence-electron chi connectivity index (χ1n) is 7.71. The van der Waals surface area contributed by atoms with Crippen LogP contribution in [-0.4, -0.2) is 25.0 Å². The number of halogens is 1. The lowest BCUT2D eigenvalue weighted by atomic mass is 10.2. The molecule has 2 heterocycles. The first kappa shape index (κ1) is 16.2. The van der Waals surface area contributed by atoms with Crippen molar-refractivity contribution < 1.29 is 4.79 Å². The average molecular weight is 347 g/mol. The molecule has 0 aliphatic carbocycles. The lowest BCUT2D eigenvalue weighted by Gasteiger charge is -2.25. The fourth-order valence-electron chi connectivity index (χ4n) is 2.78. The zero-order valence-corrected chi connectivity index (χ0v) is 14.5. The molecule has 0 spiro atoms. The first-order valence-corrected chi connectivity index (χ1v) is 8.91. The number of hydrogen-bond acceptors (Lipinski definition) is 3. The quantitative estimate of drug-likeness (QED) is 0.835. The molecule has 1 atom stereocenters. The minimum atomic E-state index is 0.0470. The van der Waals surface area contributed by atoms with Gasteiger partial charge in [0.25, 0.3) is 5.91 Å². The summed E-state index contributed by atoms with van der Waals surface area (Å²) in [6, 6.07) is 12.1. The van der Waals surface area contributed by atoms with Gasteiger partial charge in [0.05, 0.1) is 11.0 Å². The largest absolute Gasteiger partial charge is 0.315 e. The van der Waals surface area contributed by atoms with E-state index in [1.807, 2.05) is 42.2 Å². The van der Waals surface area contributed by atoms with Gasteiger partial charge in [-0.3, -0.25) is 9.69 Å². The maximum absolute atomic E-state index is 12.5. The number of hydrogen-bond donors (Lipinski definition) is 1. The van der Waals surface area contributed by atoms with Crippen LogP contribution < -0.4 is 10.2 Å². The monoisotopic (exact) mass is 346 g/mol. The second-order valence-corrected chi connectivity index (χ2v) is 7.00. The molecule has 2 aromatic rings. The van der Waals surface area contributed by atoms with Gasteiger partial charge in [-0.2, -0.15) is 0 Å². The van der Waals surface area contributed by atoms with E-state index < -0.39 is 0 Å². The number of carbonyl (C=O) groups excluding carboxylic acids is 1. The molecule has 0 bridgehead atoms. The summed E-state index contributed by atoms with van der Waals surface area (Å²) < 4.78 is 0. The summed E-state index contributed by atoms with van der Waals surface area (Å²) in [6.45, 7) is 3.67. The summed E-state index contributed by atoms with van der Waals surface area (Å²) in [4.78, 5) is 15.6. The molecule has 1 aliphatic heterocycles. The van der Waals surface area contributed by atoms with Crippen molar-refractivity contribution in [1.29, 1.82) is 0 Å². The Morgan fingerprint density at radius 2 is 2.09 bits per heavy atom. The highest BCUT2D eigenvalue weighted by Crippen LogP contribution is 2.35. The highest BCUT2D eigenvalue weighted by atomic mass is 35.5. The minimum absolute atomic E-state index is 0.0470. The van der Waals surface area contributed by atoms with Gasteiger partial charge in [0, 0.05) is 16.4 Å². The van der Waals surface area contributed by atoms with E-state index in [9.17, 15) is 4.79 Å². The van der Waals surface area contributed by atoms with Gasteiger partial charge in [-0.15, -0.1) is 11.3 Å². The van der Waals surface area contributed by atoms with Gasteiger partial charge in [-0.25, -0.2) is 0 Å². The Hall–Kier alpha value is -1.62. The minimum Gasteiger partial charge on any atom is -0.315 e. The topological polar surface area (TPSA) is 32.3 Å². The molecule has 1 N–H and O–H groups in total. The van der Waals surface area contributed by atoms with Gasteiger partial charge in [-0.1, -0.05) is 29.8 Å². The standard InChI is InChI=1S/C18H19ClN2OS/c1-2-3-17(22)21(15-10-11-20-12-15)18-9-8-16(23-18)13-4-6-14(19)7-5-13/h2-9,15,20H,10-12H2,1H3. The third-order valence-corrected chi connectivity index (χ3v) is 5.29. The Bertz CT molecular complexity index is 702. The van der Waals surface area contributed by atoms with Gasteiger partial charge in [0.1, 0.15) is 0 Å². The van der Waals surface area contributed by atoms with Crippen molar-refractivity contribution in [3.63, 3.8) is 0 Å². The van der Waals surface area contributed by atoms with Crippen molar-refractivity contribution in [3.8, 4) is 10.4 Å². The van der Waals surface area contributed by atoms with E-state index in [4.69, 9.17) is 11.6 Å². The Labute approximate surface area is 145 Å².